The Labute approximate surface area is 166 Å². The number of rotatable bonds is 7. The van der Waals surface area contributed by atoms with Gasteiger partial charge >= 0.3 is 0 Å². The SMILES string of the molecule is CC(NC(=O)c1ccc(OCC2CC2)cc1)c1ccc(N2CCOCC2)cc1. The Hall–Kier alpha value is -2.53. The Kier molecular flexibility index (Phi) is 5.81. The Bertz CT molecular complexity index is 778. The maximum atomic E-state index is 12.6. The van der Waals surface area contributed by atoms with E-state index < -0.39 is 0 Å². The number of morpholine rings is 1. The minimum atomic E-state index is -0.0708. The van der Waals surface area contributed by atoms with Crippen molar-refractivity contribution in [2.75, 3.05) is 37.8 Å². The quantitative estimate of drug-likeness (QED) is 0.794. The van der Waals surface area contributed by atoms with E-state index >= 15 is 0 Å². The number of hydrogen-bond donors (Lipinski definition) is 1. The van der Waals surface area contributed by atoms with Gasteiger partial charge in [-0.2, -0.15) is 0 Å². The van der Waals surface area contributed by atoms with E-state index in [1.807, 2.05) is 31.2 Å². The molecule has 1 unspecified atom stereocenters. The van der Waals surface area contributed by atoms with Crippen LogP contribution < -0.4 is 15.0 Å². The third-order valence-corrected chi connectivity index (χ3v) is 5.42. The lowest BCUT2D eigenvalue weighted by molar-refractivity contribution is 0.0940. The molecule has 28 heavy (non-hydrogen) atoms. The van der Waals surface area contributed by atoms with E-state index in [1.165, 1.54) is 18.5 Å². The Morgan fingerprint density at radius 3 is 2.43 bits per heavy atom. The van der Waals surface area contributed by atoms with Crippen LogP contribution in [-0.4, -0.2) is 38.8 Å². The molecule has 2 aromatic carbocycles. The summed E-state index contributed by atoms with van der Waals surface area (Å²) < 4.78 is 11.1. The van der Waals surface area contributed by atoms with Crippen LogP contribution in [0, 0.1) is 5.92 Å². The molecule has 0 spiro atoms. The standard InChI is InChI=1S/C23H28N2O3/c1-17(19-4-8-21(9-5-19)25-12-14-27-15-13-25)24-23(26)20-6-10-22(11-7-20)28-16-18-2-3-18/h4-11,17-18H,2-3,12-16H2,1H3,(H,24,26). The lowest BCUT2D eigenvalue weighted by atomic mass is 10.1. The van der Waals surface area contributed by atoms with Crippen molar-refractivity contribution in [3.05, 3.63) is 59.7 Å². The summed E-state index contributed by atoms with van der Waals surface area (Å²) in [6.45, 7) is 6.19. The summed E-state index contributed by atoms with van der Waals surface area (Å²) in [5.74, 6) is 1.48. The van der Waals surface area contributed by atoms with Gasteiger partial charge in [-0.3, -0.25) is 4.79 Å². The summed E-state index contributed by atoms with van der Waals surface area (Å²) in [4.78, 5) is 14.9. The molecule has 0 aromatic heterocycles. The van der Waals surface area contributed by atoms with Crippen molar-refractivity contribution in [2.24, 2.45) is 5.92 Å². The third-order valence-electron chi connectivity index (χ3n) is 5.42. The van der Waals surface area contributed by atoms with Crippen LogP contribution in [0.4, 0.5) is 5.69 Å². The zero-order chi connectivity index (χ0) is 19.3. The van der Waals surface area contributed by atoms with Crippen molar-refractivity contribution in [1.29, 1.82) is 0 Å². The molecule has 0 bridgehead atoms. The van der Waals surface area contributed by atoms with Crippen molar-refractivity contribution < 1.29 is 14.3 Å². The van der Waals surface area contributed by atoms with Gasteiger partial charge in [0.2, 0.25) is 0 Å². The zero-order valence-electron chi connectivity index (χ0n) is 16.4. The average molecular weight is 380 g/mol. The van der Waals surface area contributed by atoms with Crippen molar-refractivity contribution in [3.8, 4) is 5.75 Å². The monoisotopic (exact) mass is 380 g/mol. The molecule has 1 amide bonds. The van der Waals surface area contributed by atoms with Crippen molar-refractivity contribution in [3.63, 3.8) is 0 Å². The predicted octanol–water partition coefficient (Wildman–Crippen LogP) is 3.80. The fourth-order valence-corrected chi connectivity index (χ4v) is 3.36. The van der Waals surface area contributed by atoms with Gasteiger partial charge in [0, 0.05) is 24.3 Å². The largest absolute Gasteiger partial charge is 0.493 e. The number of hydrogen-bond acceptors (Lipinski definition) is 4. The molecule has 1 saturated carbocycles. The summed E-state index contributed by atoms with van der Waals surface area (Å²) >= 11 is 0. The number of nitrogens with one attached hydrogen (secondary N) is 1. The smallest absolute Gasteiger partial charge is 0.251 e. The lowest BCUT2D eigenvalue weighted by Crippen LogP contribution is -2.36. The topological polar surface area (TPSA) is 50.8 Å². The minimum absolute atomic E-state index is 0.0583. The van der Waals surface area contributed by atoms with Crippen LogP contribution in [0.3, 0.4) is 0 Å². The van der Waals surface area contributed by atoms with Gasteiger partial charge in [-0.05, 0) is 67.6 Å². The predicted molar refractivity (Wildman–Crippen MR) is 110 cm³/mol. The first-order chi connectivity index (χ1) is 13.7. The highest BCUT2D eigenvalue weighted by Gasteiger charge is 2.22. The van der Waals surface area contributed by atoms with Gasteiger partial charge in [0.15, 0.2) is 0 Å². The van der Waals surface area contributed by atoms with Gasteiger partial charge in [0.05, 0.1) is 25.9 Å². The lowest BCUT2D eigenvalue weighted by Gasteiger charge is -2.29. The number of amides is 1. The van der Waals surface area contributed by atoms with Crippen LogP contribution in [0.25, 0.3) is 0 Å². The fraction of sp³-hybridized carbons (Fsp3) is 0.435. The normalized spacial score (nSPS) is 17.8. The molecule has 4 rings (SSSR count). The van der Waals surface area contributed by atoms with Gasteiger partial charge in [-0.25, -0.2) is 0 Å². The fourth-order valence-electron chi connectivity index (χ4n) is 3.36. The van der Waals surface area contributed by atoms with Crippen LogP contribution >= 0.6 is 0 Å². The van der Waals surface area contributed by atoms with Gasteiger partial charge in [-0.15, -0.1) is 0 Å². The molecule has 2 fully saturated rings. The second kappa shape index (κ2) is 8.65. The molecule has 1 N–H and O–H groups in total. The molecular weight excluding hydrogens is 352 g/mol. The maximum Gasteiger partial charge on any atom is 0.251 e. The number of anilines is 1. The highest BCUT2D eigenvalue weighted by molar-refractivity contribution is 5.94. The van der Waals surface area contributed by atoms with Gasteiger partial charge in [-0.1, -0.05) is 12.1 Å². The van der Waals surface area contributed by atoms with Crippen LogP contribution in [0.1, 0.15) is 41.7 Å². The molecule has 2 aliphatic rings. The van der Waals surface area contributed by atoms with E-state index in [2.05, 4.69) is 34.5 Å². The molecule has 1 aliphatic heterocycles. The molecule has 1 aliphatic carbocycles. The Morgan fingerprint density at radius 2 is 1.79 bits per heavy atom. The number of benzene rings is 2. The summed E-state index contributed by atoms with van der Waals surface area (Å²) in [6.07, 6.45) is 2.54. The van der Waals surface area contributed by atoms with Gasteiger partial charge < -0.3 is 19.7 Å². The van der Waals surface area contributed by atoms with Crippen molar-refractivity contribution in [1.82, 2.24) is 5.32 Å². The first kappa shape index (κ1) is 18.8. The number of nitrogens with zero attached hydrogens (tertiary/aromatic N) is 1. The number of carbonyl (C=O) groups excluding carboxylic acids is 1. The Morgan fingerprint density at radius 1 is 1.11 bits per heavy atom. The first-order valence-corrected chi connectivity index (χ1v) is 10.2. The minimum Gasteiger partial charge on any atom is -0.493 e. The molecule has 1 heterocycles. The average Bonchev–Trinajstić information content (AvgIpc) is 3.58. The summed E-state index contributed by atoms with van der Waals surface area (Å²) in [5.41, 5.74) is 2.94. The molecule has 5 heteroatoms. The molecule has 148 valence electrons. The molecule has 2 aromatic rings. The van der Waals surface area contributed by atoms with Crippen molar-refractivity contribution in [2.45, 2.75) is 25.8 Å². The van der Waals surface area contributed by atoms with E-state index in [1.54, 1.807) is 0 Å². The third kappa shape index (κ3) is 4.84. The van der Waals surface area contributed by atoms with E-state index in [0.717, 1.165) is 50.1 Å². The van der Waals surface area contributed by atoms with E-state index in [4.69, 9.17) is 9.47 Å². The molecule has 5 nitrogen and oxygen atoms in total. The summed E-state index contributed by atoms with van der Waals surface area (Å²) in [7, 11) is 0. The van der Waals surface area contributed by atoms with E-state index in [-0.39, 0.29) is 11.9 Å². The van der Waals surface area contributed by atoms with Crippen LogP contribution in [0.5, 0.6) is 5.75 Å². The first-order valence-electron chi connectivity index (χ1n) is 10.2. The van der Waals surface area contributed by atoms with Crippen LogP contribution in [0.15, 0.2) is 48.5 Å². The highest BCUT2D eigenvalue weighted by Crippen LogP contribution is 2.29. The van der Waals surface area contributed by atoms with Gasteiger partial charge in [0.25, 0.3) is 5.91 Å². The number of carbonyl (C=O) groups is 1. The molecule has 1 saturated heterocycles. The summed E-state index contributed by atoms with van der Waals surface area (Å²) in [6, 6.07) is 15.8. The van der Waals surface area contributed by atoms with Crippen LogP contribution in [-0.2, 0) is 4.74 Å². The highest BCUT2D eigenvalue weighted by atomic mass is 16.5. The van der Waals surface area contributed by atoms with Crippen LogP contribution in [0.2, 0.25) is 0 Å². The Balaban J connectivity index is 1.31. The molecule has 0 radical (unpaired) electrons. The van der Waals surface area contributed by atoms with Crippen molar-refractivity contribution >= 4 is 11.6 Å². The zero-order valence-corrected chi connectivity index (χ0v) is 16.4. The van der Waals surface area contributed by atoms with E-state index in [9.17, 15) is 4.79 Å². The van der Waals surface area contributed by atoms with Gasteiger partial charge in [0.1, 0.15) is 5.75 Å². The molecule has 1 atom stereocenters. The molecular formula is C23H28N2O3. The second-order valence-corrected chi connectivity index (χ2v) is 7.66. The second-order valence-electron chi connectivity index (χ2n) is 7.66. The summed E-state index contributed by atoms with van der Waals surface area (Å²) in [5, 5.41) is 3.08. The maximum absolute atomic E-state index is 12.6. The van der Waals surface area contributed by atoms with E-state index in [0.29, 0.717) is 5.56 Å². The number of ether oxygens (including phenoxy) is 2.